The van der Waals surface area contributed by atoms with Crippen LogP contribution >= 0.6 is 0 Å². The molecule has 4 aliphatic rings. The number of ether oxygens (including phenoxy) is 2. The first kappa shape index (κ1) is 28.7. The quantitative estimate of drug-likeness (QED) is 0.229. The van der Waals surface area contributed by atoms with Crippen LogP contribution in [-0.2, 0) is 19.1 Å². The summed E-state index contributed by atoms with van der Waals surface area (Å²) in [6, 6.07) is 0. The fraction of sp³-hybridized carbons (Fsp3) is 0.923. The molecule has 0 aromatic rings. The van der Waals surface area contributed by atoms with E-state index in [-0.39, 0.29) is 36.2 Å². The van der Waals surface area contributed by atoms with Crippen LogP contribution in [0.2, 0.25) is 0 Å². The average molecular weight is 531 g/mol. The summed E-state index contributed by atoms with van der Waals surface area (Å²) in [7, 11) is 0. The van der Waals surface area contributed by atoms with Crippen molar-refractivity contribution in [3.8, 4) is 0 Å². The van der Waals surface area contributed by atoms with Gasteiger partial charge in [0.1, 0.15) is 24.4 Å². The lowest BCUT2D eigenvalue weighted by molar-refractivity contribution is -0.310. The number of aliphatic hydroxyl groups is 5. The van der Waals surface area contributed by atoms with Crippen molar-refractivity contribution in [2.45, 2.75) is 102 Å². The van der Waals surface area contributed by atoms with Crippen molar-refractivity contribution in [2.24, 2.45) is 34.0 Å². The van der Waals surface area contributed by atoms with Gasteiger partial charge in [0.25, 0.3) is 0 Å². The van der Waals surface area contributed by atoms with Crippen molar-refractivity contribution in [1.29, 1.82) is 0 Å². The molecule has 4 fully saturated rings. The highest BCUT2D eigenvalue weighted by molar-refractivity contribution is 5.75. The zero-order valence-corrected chi connectivity index (χ0v) is 21.7. The predicted octanol–water partition coefficient (Wildman–Crippen LogP) is 0.342. The van der Waals surface area contributed by atoms with Gasteiger partial charge in [-0.05, 0) is 81.0 Å². The molecular weight excluding hydrogens is 488 g/mol. The van der Waals surface area contributed by atoms with Crippen LogP contribution < -0.4 is 0 Å². The first-order chi connectivity index (χ1) is 17.1. The molecule has 11 nitrogen and oxygen atoms in total. The molecule has 4 rings (SSSR count). The molecule has 1 spiro atoms. The minimum atomic E-state index is -1.58. The van der Waals surface area contributed by atoms with Crippen LogP contribution in [0.15, 0.2) is 0 Å². The average Bonchev–Trinajstić information content (AvgIpc) is 3.01. The number of fused-ring (bicyclic) bond motifs is 1. The number of rotatable bonds is 8. The summed E-state index contributed by atoms with van der Waals surface area (Å²) in [5.74, 6) is -2.49. The van der Waals surface area contributed by atoms with Crippen molar-refractivity contribution in [2.75, 3.05) is 13.2 Å². The molecule has 11 heteroatoms. The Morgan fingerprint density at radius 3 is 2.32 bits per heavy atom. The van der Waals surface area contributed by atoms with E-state index in [4.69, 9.17) is 9.47 Å². The van der Waals surface area contributed by atoms with Gasteiger partial charge in [0.05, 0.1) is 30.7 Å². The van der Waals surface area contributed by atoms with E-state index in [1.54, 1.807) is 13.8 Å². The minimum Gasteiger partial charge on any atom is -0.481 e. The molecule has 7 N–H and O–H groups in total. The van der Waals surface area contributed by atoms with Crippen molar-refractivity contribution in [3.63, 3.8) is 0 Å². The Labute approximate surface area is 216 Å². The maximum absolute atomic E-state index is 12.2. The molecule has 0 radical (unpaired) electrons. The van der Waals surface area contributed by atoms with Gasteiger partial charge in [0, 0.05) is 0 Å². The Bertz CT molecular complexity index is 892. The summed E-state index contributed by atoms with van der Waals surface area (Å²) in [5.41, 5.74) is -3.54. The Hall–Kier alpha value is -1.34. The van der Waals surface area contributed by atoms with E-state index in [9.17, 15) is 45.3 Å². The van der Waals surface area contributed by atoms with Gasteiger partial charge >= 0.3 is 11.9 Å². The van der Waals surface area contributed by atoms with Gasteiger partial charge in [-0.3, -0.25) is 9.59 Å². The molecule has 0 amide bonds. The van der Waals surface area contributed by atoms with Crippen molar-refractivity contribution < 1.29 is 54.8 Å². The molecule has 0 aromatic carbocycles. The van der Waals surface area contributed by atoms with Gasteiger partial charge in [0.15, 0.2) is 6.29 Å². The fourth-order valence-corrected chi connectivity index (χ4v) is 8.72. The molecule has 1 saturated heterocycles. The topological polar surface area (TPSA) is 194 Å². The van der Waals surface area contributed by atoms with E-state index in [0.717, 1.165) is 0 Å². The number of carboxylic acid groups (broad SMARTS) is 2. The van der Waals surface area contributed by atoms with E-state index < -0.39 is 65.7 Å². The van der Waals surface area contributed by atoms with Crippen LogP contribution in [0.5, 0.6) is 0 Å². The number of carbonyl (C=O) groups is 2. The number of hydrogen-bond donors (Lipinski definition) is 7. The fourth-order valence-electron chi connectivity index (χ4n) is 8.72. The highest BCUT2D eigenvalue weighted by atomic mass is 16.7. The predicted molar refractivity (Wildman–Crippen MR) is 127 cm³/mol. The van der Waals surface area contributed by atoms with E-state index in [0.29, 0.717) is 38.5 Å². The van der Waals surface area contributed by atoms with Crippen molar-refractivity contribution in [3.05, 3.63) is 0 Å². The van der Waals surface area contributed by atoms with Gasteiger partial charge in [-0.25, -0.2) is 0 Å². The molecule has 1 aliphatic heterocycles. The maximum atomic E-state index is 12.2. The molecule has 1 heterocycles. The molecular formula is C26H42O11. The first-order valence-corrected chi connectivity index (χ1v) is 13.2. The molecule has 2 bridgehead atoms. The van der Waals surface area contributed by atoms with Crippen LogP contribution in [0, 0.1) is 34.0 Å². The monoisotopic (exact) mass is 530 g/mol. The molecule has 11 atom stereocenters. The number of hydrogen-bond acceptors (Lipinski definition) is 9. The largest absolute Gasteiger partial charge is 0.481 e. The number of carboxylic acids is 2. The summed E-state index contributed by atoms with van der Waals surface area (Å²) >= 11 is 0. The summed E-state index contributed by atoms with van der Waals surface area (Å²) in [6.07, 6.45) is -3.75. The Morgan fingerprint density at radius 1 is 1.05 bits per heavy atom. The van der Waals surface area contributed by atoms with Gasteiger partial charge in [0.2, 0.25) is 0 Å². The lowest BCUT2D eigenvalue weighted by Crippen LogP contribution is -2.59. The van der Waals surface area contributed by atoms with Gasteiger partial charge in [-0.2, -0.15) is 0 Å². The molecule has 3 aliphatic carbocycles. The van der Waals surface area contributed by atoms with E-state index in [2.05, 4.69) is 0 Å². The lowest BCUT2D eigenvalue weighted by Gasteiger charge is -2.60. The van der Waals surface area contributed by atoms with E-state index in [1.807, 2.05) is 6.92 Å². The zero-order chi connectivity index (χ0) is 27.6. The van der Waals surface area contributed by atoms with Gasteiger partial charge in [-0.15, -0.1) is 0 Å². The Morgan fingerprint density at radius 2 is 1.73 bits per heavy atom. The van der Waals surface area contributed by atoms with Crippen LogP contribution in [0.1, 0.15) is 65.7 Å². The summed E-state index contributed by atoms with van der Waals surface area (Å²) in [5, 5.41) is 71.4. The highest BCUT2D eigenvalue weighted by Gasteiger charge is 2.67. The van der Waals surface area contributed by atoms with Crippen LogP contribution in [0.3, 0.4) is 0 Å². The molecule has 3 saturated carbocycles. The normalized spacial score (nSPS) is 47.9. The van der Waals surface area contributed by atoms with Gasteiger partial charge < -0.3 is 45.2 Å². The van der Waals surface area contributed by atoms with Crippen LogP contribution in [-0.4, -0.2) is 97.2 Å². The van der Waals surface area contributed by atoms with E-state index >= 15 is 0 Å². The van der Waals surface area contributed by atoms with Crippen molar-refractivity contribution in [1.82, 2.24) is 0 Å². The van der Waals surface area contributed by atoms with Crippen LogP contribution in [0.25, 0.3) is 0 Å². The molecule has 212 valence electrons. The highest BCUT2D eigenvalue weighted by Crippen LogP contribution is 2.71. The third-order valence-corrected chi connectivity index (χ3v) is 10.4. The minimum absolute atomic E-state index is 0.0917. The second-order valence-corrected chi connectivity index (χ2v) is 12.9. The second-order valence-electron chi connectivity index (χ2n) is 12.9. The molecule has 11 unspecified atom stereocenters. The Balaban J connectivity index is 1.56. The third-order valence-electron chi connectivity index (χ3n) is 10.4. The number of aliphatic hydroxyl groups excluding tert-OH is 4. The third kappa shape index (κ3) is 4.60. The summed E-state index contributed by atoms with van der Waals surface area (Å²) in [6.45, 7) is 4.46. The summed E-state index contributed by atoms with van der Waals surface area (Å²) in [4.78, 5) is 24.2. The number of aliphatic carboxylic acids is 2. The summed E-state index contributed by atoms with van der Waals surface area (Å²) < 4.78 is 11.2. The SMILES string of the molecule is CC(C)(C(=O)O)C1CCC23CC(CCC2C1(C)CC(=O)O)C(O)(COC1OC(CO)C(O)C(O)C1O)C3. The Kier molecular flexibility index (Phi) is 7.51. The standard InChI is InChI=1S/C26H42O11/c1-23(2,22(33)34)15-6-7-25-8-13(4-5-16(25)24(15,3)9-17(28)29)26(35,11-25)12-36-21-20(32)19(31)18(30)14(10-27)37-21/h13-16,18-21,27,30-32,35H,4-12H2,1-3H3,(H,28,29)(H,33,34). The lowest BCUT2D eigenvalue weighted by atomic mass is 9.43. The smallest absolute Gasteiger partial charge is 0.309 e. The maximum Gasteiger partial charge on any atom is 0.309 e. The molecule has 37 heavy (non-hydrogen) atoms. The second kappa shape index (κ2) is 9.69. The van der Waals surface area contributed by atoms with Crippen LogP contribution in [0.4, 0.5) is 0 Å². The van der Waals surface area contributed by atoms with E-state index in [1.165, 1.54) is 0 Å². The first-order valence-electron chi connectivity index (χ1n) is 13.2. The molecule has 0 aromatic heterocycles. The van der Waals surface area contributed by atoms with Crippen molar-refractivity contribution >= 4 is 11.9 Å². The zero-order valence-electron chi connectivity index (χ0n) is 21.7. The van der Waals surface area contributed by atoms with Gasteiger partial charge in [-0.1, -0.05) is 6.92 Å².